The van der Waals surface area contributed by atoms with Gasteiger partial charge in [-0.15, -0.1) is 5.10 Å². The van der Waals surface area contributed by atoms with Gasteiger partial charge in [0.25, 0.3) is 5.95 Å². The Morgan fingerprint density at radius 1 is 0.943 bits per heavy atom. The van der Waals surface area contributed by atoms with Gasteiger partial charge in [0.1, 0.15) is 5.75 Å². The van der Waals surface area contributed by atoms with E-state index in [-0.39, 0.29) is 41.7 Å². The van der Waals surface area contributed by atoms with Crippen molar-refractivity contribution in [2.45, 2.75) is 31.3 Å². The van der Waals surface area contributed by atoms with E-state index < -0.39 is 0 Å². The molecule has 1 N–H and O–H groups in total. The minimum atomic E-state index is -0.333. The molecule has 0 saturated carbocycles. The normalized spacial score (nSPS) is 25.3. The van der Waals surface area contributed by atoms with Gasteiger partial charge in [0.05, 0.1) is 31.0 Å². The van der Waals surface area contributed by atoms with Crippen molar-refractivity contribution in [3.05, 3.63) is 76.8 Å². The van der Waals surface area contributed by atoms with E-state index in [9.17, 15) is 9.59 Å². The Labute approximate surface area is 207 Å². The van der Waals surface area contributed by atoms with E-state index in [0.29, 0.717) is 30.2 Å². The number of ether oxygens (including phenoxy) is 1. The number of amides is 2. The number of imide groups is 1. The van der Waals surface area contributed by atoms with E-state index in [1.807, 2.05) is 60.7 Å². The lowest BCUT2D eigenvalue weighted by Gasteiger charge is -2.31. The van der Waals surface area contributed by atoms with Gasteiger partial charge in [0.15, 0.2) is 0 Å². The summed E-state index contributed by atoms with van der Waals surface area (Å²) in [6.45, 7) is 0. The molecule has 1 aromatic heterocycles. The van der Waals surface area contributed by atoms with Crippen molar-refractivity contribution in [3.63, 3.8) is 0 Å². The molecule has 3 heterocycles. The highest BCUT2D eigenvalue weighted by molar-refractivity contribution is 6.30. The van der Waals surface area contributed by atoms with Gasteiger partial charge in [-0.05, 0) is 54.7 Å². The molecule has 1 saturated heterocycles. The Kier molecular flexibility index (Phi) is 5.33. The van der Waals surface area contributed by atoms with E-state index in [0.717, 1.165) is 16.9 Å². The Balaban J connectivity index is 1.39. The van der Waals surface area contributed by atoms with Crippen LogP contribution in [0, 0.1) is 11.8 Å². The number of aromatic nitrogens is 3. The summed E-state index contributed by atoms with van der Waals surface area (Å²) in [5.74, 6) is 0.322. The summed E-state index contributed by atoms with van der Waals surface area (Å²) in [5.41, 5.74) is 2.09. The second-order valence-electron chi connectivity index (χ2n) is 9.12. The van der Waals surface area contributed by atoms with Gasteiger partial charge < -0.3 is 10.1 Å². The molecule has 35 heavy (non-hydrogen) atoms. The number of fused-ring (bicyclic) bond motifs is 2. The maximum Gasteiger partial charge on any atom is 0.260 e. The van der Waals surface area contributed by atoms with Crippen LogP contribution in [-0.2, 0) is 9.59 Å². The fraction of sp³-hybridized carbons (Fsp3) is 0.308. The Morgan fingerprint density at radius 2 is 1.57 bits per heavy atom. The van der Waals surface area contributed by atoms with Crippen molar-refractivity contribution < 1.29 is 14.3 Å². The lowest BCUT2D eigenvalue weighted by molar-refractivity contribution is -0.122. The summed E-state index contributed by atoms with van der Waals surface area (Å²) >= 11 is 6.14. The Bertz CT molecular complexity index is 1290. The molecule has 4 atom stereocenters. The Hall–Kier alpha value is -3.65. The minimum Gasteiger partial charge on any atom is -0.497 e. The van der Waals surface area contributed by atoms with Crippen molar-refractivity contribution in [1.82, 2.24) is 14.8 Å². The third-order valence-corrected chi connectivity index (χ3v) is 7.41. The number of methoxy groups -OCH3 is 1. The highest BCUT2D eigenvalue weighted by atomic mass is 35.5. The molecule has 0 bridgehead atoms. The van der Waals surface area contributed by atoms with Crippen molar-refractivity contribution in [2.75, 3.05) is 17.3 Å². The second-order valence-corrected chi connectivity index (χ2v) is 9.56. The van der Waals surface area contributed by atoms with Crippen molar-refractivity contribution in [2.24, 2.45) is 11.8 Å². The number of benzene rings is 2. The van der Waals surface area contributed by atoms with Gasteiger partial charge in [-0.25, -0.2) is 9.58 Å². The largest absolute Gasteiger partial charge is 0.497 e. The van der Waals surface area contributed by atoms with Crippen LogP contribution in [-0.4, -0.2) is 33.7 Å². The summed E-state index contributed by atoms with van der Waals surface area (Å²) in [6, 6.07) is 15.3. The van der Waals surface area contributed by atoms with Crippen molar-refractivity contribution >= 4 is 35.3 Å². The van der Waals surface area contributed by atoms with Gasteiger partial charge in [-0.3, -0.25) is 9.59 Å². The molecule has 9 heteroatoms. The van der Waals surface area contributed by atoms with Gasteiger partial charge in [-0.1, -0.05) is 48.0 Å². The van der Waals surface area contributed by atoms with Crippen LogP contribution in [0.1, 0.15) is 42.5 Å². The number of nitrogens with zero attached hydrogens (tertiary/aromatic N) is 4. The summed E-state index contributed by atoms with van der Waals surface area (Å²) in [7, 11) is 1.64. The van der Waals surface area contributed by atoms with E-state index in [4.69, 9.17) is 16.3 Å². The maximum atomic E-state index is 13.1. The number of halogens is 1. The zero-order chi connectivity index (χ0) is 24.1. The van der Waals surface area contributed by atoms with Gasteiger partial charge in [0, 0.05) is 5.02 Å². The summed E-state index contributed by atoms with van der Waals surface area (Å²) in [5, 5.41) is 8.79. The van der Waals surface area contributed by atoms with Crippen LogP contribution in [0.2, 0.25) is 5.02 Å². The molecule has 3 aliphatic rings. The molecular formula is C26H24ClN5O3. The van der Waals surface area contributed by atoms with E-state index in [1.165, 1.54) is 4.90 Å². The fourth-order valence-electron chi connectivity index (χ4n) is 5.28. The van der Waals surface area contributed by atoms with E-state index >= 15 is 0 Å². The monoisotopic (exact) mass is 489 g/mol. The average Bonchev–Trinajstić information content (AvgIpc) is 3.42. The molecule has 1 aliphatic carbocycles. The number of hydrogen-bond donors (Lipinski definition) is 1. The molecule has 8 nitrogen and oxygen atoms in total. The van der Waals surface area contributed by atoms with Gasteiger partial charge >= 0.3 is 0 Å². The first-order valence-corrected chi connectivity index (χ1v) is 12.1. The minimum absolute atomic E-state index is 0.0529. The first kappa shape index (κ1) is 21.9. The smallest absolute Gasteiger partial charge is 0.260 e. The third kappa shape index (κ3) is 3.69. The number of carbonyl (C=O) groups excluding carboxylic acids is 2. The zero-order valence-electron chi connectivity index (χ0n) is 19.1. The van der Waals surface area contributed by atoms with Gasteiger partial charge in [-0.2, -0.15) is 4.98 Å². The summed E-state index contributed by atoms with van der Waals surface area (Å²) in [4.78, 5) is 32.1. The maximum absolute atomic E-state index is 13.1. The van der Waals surface area contributed by atoms with Crippen LogP contribution >= 0.6 is 11.6 Å². The van der Waals surface area contributed by atoms with Gasteiger partial charge in [0.2, 0.25) is 17.8 Å². The molecule has 4 unspecified atom stereocenters. The zero-order valence-corrected chi connectivity index (χ0v) is 19.9. The molecule has 0 radical (unpaired) electrons. The summed E-state index contributed by atoms with van der Waals surface area (Å²) < 4.78 is 7.08. The predicted molar refractivity (Wildman–Crippen MR) is 131 cm³/mol. The predicted octanol–water partition coefficient (Wildman–Crippen LogP) is 4.54. The van der Waals surface area contributed by atoms with E-state index in [2.05, 4.69) is 15.4 Å². The number of carbonyl (C=O) groups is 2. The quantitative estimate of drug-likeness (QED) is 0.427. The van der Waals surface area contributed by atoms with Crippen LogP contribution < -0.4 is 15.0 Å². The molecule has 6 rings (SSSR count). The lowest BCUT2D eigenvalue weighted by Crippen LogP contribution is -2.32. The van der Waals surface area contributed by atoms with E-state index in [1.54, 1.807) is 11.8 Å². The second kappa shape index (κ2) is 8.53. The number of allylic oxidation sites excluding steroid dienone is 2. The molecule has 2 aliphatic heterocycles. The third-order valence-electron chi connectivity index (χ3n) is 7.16. The number of rotatable bonds is 4. The van der Waals surface area contributed by atoms with Crippen LogP contribution in [0.25, 0.3) is 0 Å². The van der Waals surface area contributed by atoms with Crippen LogP contribution in [0.3, 0.4) is 0 Å². The van der Waals surface area contributed by atoms with Crippen LogP contribution in [0.15, 0.2) is 60.7 Å². The molecule has 178 valence electrons. The highest BCUT2D eigenvalue weighted by Crippen LogP contribution is 2.41. The topological polar surface area (TPSA) is 89.4 Å². The highest BCUT2D eigenvalue weighted by Gasteiger charge is 2.50. The van der Waals surface area contributed by atoms with Crippen LogP contribution in [0.4, 0.5) is 11.9 Å². The first-order valence-electron chi connectivity index (χ1n) is 11.7. The SMILES string of the molecule is COc1ccc(C2CC(c3ccc(Cl)cc3)n3nc(N4C(=O)C5CC=CCC5C4=O)nc3N2)cc1. The first-order chi connectivity index (χ1) is 17.0. The molecular weight excluding hydrogens is 466 g/mol. The molecule has 1 fully saturated rings. The number of hydrogen-bond acceptors (Lipinski definition) is 6. The van der Waals surface area contributed by atoms with Crippen LogP contribution in [0.5, 0.6) is 5.75 Å². The number of nitrogens with one attached hydrogen (secondary N) is 1. The Morgan fingerprint density at radius 3 is 2.20 bits per heavy atom. The molecule has 0 spiro atoms. The lowest BCUT2D eigenvalue weighted by atomic mass is 9.85. The van der Waals surface area contributed by atoms with Crippen molar-refractivity contribution in [3.8, 4) is 5.75 Å². The fourth-order valence-corrected chi connectivity index (χ4v) is 5.40. The standard InChI is InChI=1S/C26H24ClN5O3/c1-35-18-12-8-15(9-13-18)21-14-22(16-6-10-17(27)11-7-16)32-25(28-21)29-26(30-32)31-23(33)19-4-2-3-5-20(19)24(31)34/h2-3,6-13,19-22H,4-5,14H2,1H3,(H,28,29,30). The molecule has 2 amide bonds. The van der Waals surface area contributed by atoms with Crippen molar-refractivity contribution in [1.29, 1.82) is 0 Å². The molecule has 3 aromatic rings. The average molecular weight is 490 g/mol. The molecule has 2 aromatic carbocycles. The summed E-state index contributed by atoms with van der Waals surface area (Å²) in [6.07, 6.45) is 5.79. The number of anilines is 2.